The lowest BCUT2D eigenvalue weighted by Gasteiger charge is -2.01. The minimum atomic E-state index is 0.496. The molecule has 58 valence electrons. The SMILES string of the molecule is Bc1cnc(CCN)c(N)n1. The van der Waals surface area contributed by atoms with Crippen molar-refractivity contribution in [3.8, 4) is 0 Å². The minimum Gasteiger partial charge on any atom is -0.382 e. The van der Waals surface area contributed by atoms with Crippen LogP contribution in [0.2, 0.25) is 0 Å². The van der Waals surface area contributed by atoms with Gasteiger partial charge in [-0.2, -0.15) is 0 Å². The van der Waals surface area contributed by atoms with Crippen molar-refractivity contribution in [1.82, 2.24) is 9.97 Å². The Morgan fingerprint density at radius 1 is 1.55 bits per heavy atom. The third-order valence-corrected chi connectivity index (χ3v) is 1.38. The van der Waals surface area contributed by atoms with E-state index in [1.165, 1.54) is 0 Å². The maximum absolute atomic E-state index is 5.58. The Hall–Kier alpha value is -1.10. The largest absolute Gasteiger partial charge is 0.382 e. The van der Waals surface area contributed by atoms with E-state index in [1.807, 2.05) is 7.85 Å². The summed E-state index contributed by atoms with van der Waals surface area (Å²) >= 11 is 0. The van der Waals surface area contributed by atoms with Crippen molar-refractivity contribution in [2.75, 3.05) is 12.3 Å². The van der Waals surface area contributed by atoms with Gasteiger partial charge in [-0.3, -0.25) is 4.98 Å². The number of aromatic nitrogens is 2. The standard InChI is InChI=1S/C6H11BN4/c7-5-3-10-4(1-2-8)6(9)11-5/h3H,1-2,7-8H2,(H2,9,11). The molecule has 0 aliphatic carbocycles. The predicted octanol–water partition coefficient (Wildman–Crippen LogP) is -2.18. The topological polar surface area (TPSA) is 77.8 Å². The van der Waals surface area contributed by atoms with Gasteiger partial charge < -0.3 is 11.5 Å². The van der Waals surface area contributed by atoms with Gasteiger partial charge in [0.15, 0.2) is 7.85 Å². The van der Waals surface area contributed by atoms with Crippen molar-refractivity contribution in [3.05, 3.63) is 11.9 Å². The van der Waals surface area contributed by atoms with E-state index in [0.717, 1.165) is 11.3 Å². The molecule has 0 fully saturated rings. The van der Waals surface area contributed by atoms with Crippen LogP contribution in [-0.4, -0.2) is 24.4 Å². The fourth-order valence-electron chi connectivity index (χ4n) is 0.850. The van der Waals surface area contributed by atoms with Crippen LogP contribution in [0.3, 0.4) is 0 Å². The molecule has 0 amide bonds. The molecule has 1 heterocycles. The van der Waals surface area contributed by atoms with Gasteiger partial charge in [0.1, 0.15) is 5.82 Å². The molecule has 4 N–H and O–H groups in total. The molecule has 0 radical (unpaired) electrons. The summed E-state index contributed by atoms with van der Waals surface area (Å²) < 4.78 is 0. The quantitative estimate of drug-likeness (QED) is 0.469. The van der Waals surface area contributed by atoms with Gasteiger partial charge in [0.05, 0.1) is 5.69 Å². The first-order chi connectivity index (χ1) is 5.24. The number of nitrogen functional groups attached to an aromatic ring is 1. The number of hydrogen-bond donors (Lipinski definition) is 2. The Morgan fingerprint density at radius 2 is 2.27 bits per heavy atom. The van der Waals surface area contributed by atoms with Gasteiger partial charge in [0.2, 0.25) is 0 Å². The Kier molecular flexibility index (Phi) is 2.43. The molecule has 11 heavy (non-hydrogen) atoms. The molecule has 0 atom stereocenters. The van der Waals surface area contributed by atoms with Crippen molar-refractivity contribution in [2.45, 2.75) is 6.42 Å². The van der Waals surface area contributed by atoms with Crippen LogP contribution in [0, 0.1) is 0 Å². The fourth-order valence-corrected chi connectivity index (χ4v) is 0.850. The molecule has 4 nitrogen and oxygen atoms in total. The number of anilines is 1. The van der Waals surface area contributed by atoms with Crippen LogP contribution in [0.4, 0.5) is 5.82 Å². The lowest BCUT2D eigenvalue weighted by atomic mass is 10.1. The Labute approximate surface area is 66.4 Å². The van der Waals surface area contributed by atoms with Gasteiger partial charge in [-0.25, -0.2) is 4.98 Å². The first-order valence-corrected chi connectivity index (χ1v) is 3.52. The third kappa shape index (κ3) is 1.91. The molecule has 0 unspecified atom stereocenters. The van der Waals surface area contributed by atoms with Crippen LogP contribution in [0.5, 0.6) is 0 Å². The second-order valence-electron chi connectivity index (χ2n) is 2.38. The van der Waals surface area contributed by atoms with Gasteiger partial charge in [0, 0.05) is 18.2 Å². The van der Waals surface area contributed by atoms with E-state index in [4.69, 9.17) is 11.5 Å². The van der Waals surface area contributed by atoms with Crippen molar-refractivity contribution in [3.63, 3.8) is 0 Å². The van der Waals surface area contributed by atoms with Crippen molar-refractivity contribution in [1.29, 1.82) is 0 Å². The van der Waals surface area contributed by atoms with Crippen LogP contribution in [-0.2, 0) is 6.42 Å². The smallest absolute Gasteiger partial charge is 0.166 e. The van der Waals surface area contributed by atoms with Crippen LogP contribution in [0.25, 0.3) is 0 Å². The van der Waals surface area contributed by atoms with E-state index in [-0.39, 0.29) is 0 Å². The second kappa shape index (κ2) is 3.34. The normalized spacial score (nSPS) is 9.91. The lowest BCUT2D eigenvalue weighted by Crippen LogP contribution is -2.16. The monoisotopic (exact) mass is 150 g/mol. The van der Waals surface area contributed by atoms with E-state index in [9.17, 15) is 0 Å². The first-order valence-electron chi connectivity index (χ1n) is 3.52. The second-order valence-corrected chi connectivity index (χ2v) is 2.38. The highest BCUT2D eigenvalue weighted by Gasteiger charge is 1.99. The summed E-state index contributed by atoms with van der Waals surface area (Å²) in [5.74, 6) is 0.496. The van der Waals surface area contributed by atoms with Crippen LogP contribution in [0.1, 0.15) is 5.69 Å². The summed E-state index contributed by atoms with van der Waals surface area (Å²) in [6, 6.07) is 0. The van der Waals surface area contributed by atoms with E-state index >= 15 is 0 Å². The van der Waals surface area contributed by atoms with E-state index in [1.54, 1.807) is 6.20 Å². The Morgan fingerprint density at radius 3 is 2.82 bits per heavy atom. The zero-order valence-corrected chi connectivity index (χ0v) is 6.54. The van der Waals surface area contributed by atoms with Crippen LogP contribution < -0.4 is 17.1 Å². The van der Waals surface area contributed by atoms with Crippen LogP contribution >= 0.6 is 0 Å². The summed E-state index contributed by atoms with van der Waals surface area (Å²) in [4.78, 5) is 8.15. The molecule has 0 aliphatic heterocycles. The molecule has 1 aromatic heterocycles. The van der Waals surface area contributed by atoms with Crippen molar-refractivity contribution >= 4 is 19.3 Å². The number of nitrogens with zero attached hydrogens (tertiary/aromatic N) is 2. The molecule has 5 heteroatoms. The molecule has 0 spiro atoms. The zero-order chi connectivity index (χ0) is 8.27. The van der Waals surface area contributed by atoms with Crippen LogP contribution in [0.15, 0.2) is 6.20 Å². The molecular weight excluding hydrogens is 139 g/mol. The van der Waals surface area contributed by atoms with E-state index in [2.05, 4.69) is 9.97 Å². The highest BCUT2D eigenvalue weighted by molar-refractivity contribution is 6.30. The maximum atomic E-state index is 5.58. The summed E-state index contributed by atoms with van der Waals surface area (Å²) in [5, 5.41) is 0. The number of rotatable bonds is 2. The van der Waals surface area contributed by atoms with Gasteiger partial charge >= 0.3 is 0 Å². The predicted molar refractivity (Wildman–Crippen MR) is 47.4 cm³/mol. The molecule has 1 aromatic rings. The highest BCUT2D eigenvalue weighted by Crippen LogP contribution is 2.00. The van der Waals surface area contributed by atoms with Gasteiger partial charge in [0.25, 0.3) is 0 Å². The lowest BCUT2D eigenvalue weighted by molar-refractivity contribution is 0.918. The average Bonchev–Trinajstić information content (AvgIpc) is 1.95. The number of hydrogen-bond acceptors (Lipinski definition) is 4. The van der Waals surface area contributed by atoms with Gasteiger partial charge in [-0.15, -0.1) is 0 Å². The average molecular weight is 150 g/mol. The summed E-state index contributed by atoms with van der Waals surface area (Å²) in [7, 11) is 1.86. The Balaban J connectivity index is 2.90. The van der Waals surface area contributed by atoms with Crippen molar-refractivity contribution in [2.24, 2.45) is 5.73 Å². The molecule has 1 rings (SSSR count). The molecule has 0 saturated heterocycles. The minimum absolute atomic E-state index is 0.496. The molecule has 0 saturated carbocycles. The molecule has 0 bridgehead atoms. The molecule has 0 aromatic carbocycles. The highest BCUT2D eigenvalue weighted by atomic mass is 14.9. The maximum Gasteiger partial charge on any atom is 0.166 e. The summed E-state index contributed by atoms with van der Waals surface area (Å²) in [5.41, 5.74) is 12.5. The molecular formula is C6H11BN4. The zero-order valence-electron chi connectivity index (χ0n) is 6.54. The fraction of sp³-hybridized carbons (Fsp3) is 0.333. The third-order valence-electron chi connectivity index (χ3n) is 1.38. The van der Waals surface area contributed by atoms with Crippen molar-refractivity contribution < 1.29 is 0 Å². The van der Waals surface area contributed by atoms with Gasteiger partial charge in [-0.1, -0.05) is 0 Å². The summed E-state index contributed by atoms with van der Waals surface area (Å²) in [6.45, 7) is 0.557. The Bertz CT molecular complexity index is 250. The van der Waals surface area contributed by atoms with E-state index in [0.29, 0.717) is 18.8 Å². The number of nitrogens with two attached hydrogens (primary N) is 2. The molecule has 0 aliphatic rings. The summed E-state index contributed by atoms with van der Waals surface area (Å²) in [6.07, 6.45) is 2.39. The first kappa shape index (κ1) is 8.01. The van der Waals surface area contributed by atoms with E-state index < -0.39 is 0 Å². The van der Waals surface area contributed by atoms with Gasteiger partial charge in [-0.05, 0) is 6.54 Å².